The molecule has 0 unspecified atom stereocenters. The number of nitrogens with one attached hydrogen (secondary N) is 1. The van der Waals surface area contributed by atoms with Gasteiger partial charge in [0.05, 0.1) is 6.61 Å². The molecule has 22 heavy (non-hydrogen) atoms. The quantitative estimate of drug-likeness (QED) is 0.941. The molecule has 1 saturated heterocycles. The van der Waals surface area contributed by atoms with E-state index in [0.717, 1.165) is 30.3 Å². The van der Waals surface area contributed by atoms with E-state index in [1.54, 1.807) is 0 Å². The molecule has 1 heterocycles. The summed E-state index contributed by atoms with van der Waals surface area (Å²) in [5, 5.41) is 3.22. The van der Waals surface area contributed by atoms with Gasteiger partial charge in [-0.05, 0) is 17.7 Å². The Morgan fingerprint density at radius 3 is 2.68 bits per heavy atom. The fourth-order valence-corrected chi connectivity index (χ4v) is 2.49. The minimum absolute atomic E-state index is 0.108. The molecule has 2 atom stereocenters. The van der Waals surface area contributed by atoms with Crippen molar-refractivity contribution in [1.29, 1.82) is 0 Å². The van der Waals surface area contributed by atoms with Gasteiger partial charge in [-0.2, -0.15) is 0 Å². The average molecular weight is 305 g/mol. The lowest BCUT2D eigenvalue weighted by molar-refractivity contribution is -0.0443. The van der Waals surface area contributed by atoms with Crippen LogP contribution in [0.2, 0.25) is 0 Å². The predicted molar refractivity (Wildman–Crippen MR) is 78.8 cm³/mol. The van der Waals surface area contributed by atoms with E-state index < -0.39 is 17.7 Å². The topological polar surface area (TPSA) is 30.5 Å². The third-order valence-corrected chi connectivity index (χ3v) is 3.57. The van der Waals surface area contributed by atoms with Crippen LogP contribution in [0, 0.1) is 11.6 Å². The highest BCUT2D eigenvalue weighted by Crippen LogP contribution is 2.29. The van der Waals surface area contributed by atoms with Gasteiger partial charge in [-0.25, -0.2) is 8.78 Å². The van der Waals surface area contributed by atoms with E-state index >= 15 is 0 Å². The summed E-state index contributed by atoms with van der Waals surface area (Å²) in [5.41, 5.74) is 0.861. The van der Waals surface area contributed by atoms with Crippen LogP contribution in [-0.2, 0) is 4.74 Å². The van der Waals surface area contributed by atoms with Gasteiger partial charge >= 0.3 is 0 Å². The van der Waals surface area contributed by atoms with Crippen LogP contribution in [0.4, 0.5) is 8.78 Å². The fraction of sp³-hybridized carbons (Fsp3) is 0.294. The van der Waals surface area contributed by atoms with Gasteiger partial charge in [0.25, 0.3) is 0 Å². The lowest BCUT2D eigenvalue weighted by atomic mass is 10.0. The van der Waals surface area contributed by atoms with E-state index in [4.69, 9.17) is 9.47 Å². The van der Waals surface area contributed by atoms with E-state index in [1.165, 1.54) is 0 Å². The first-order valence-corrected chi connectivity index (χ1v) is 7.23. The molecule has 3 nitrogen and oxygen atoms in total. The Morgan fingerprint density at radius 1 is 1.14 bits per heavy atom. The lowest BCUT2D eigenvalue weighted by Gasteiger charge is -2.31. The molecule has 5 heteroatoms. The molecule has 1 N–H and O–H groups in total. The van der Waals surface area contributed by atoms with Crippen molar-refractivity contribution in [1.82, 2.24) is 5.32 Å². The van der Waals surface area contributed by atoms with Crippen LogP contribution in [0.5, 0.6) is 5.75 Å². The summed E-state index contributed by atoms with van der Waals surface area (Å²) in [6.45, 7) is 1.92. The smallest absolute Gasteiger partial charge is 0.165 e. The van der Waals surface area contributed by atoms with Gasteiger partial charge in [0.2, 0.25) is 0 Å². The number of benzene rings is 2. The summed E-state index contributed by atoms with van der Waals surface area (Å²) in [7, 11) is 0. The van der Waals surface area contributed by atoms with Gasteiger partial charge in [0.15, 0.2) is 17.7 Å². The SMILES string of the molecule is Fc1ccc(F)c(O[C@@H](c2ccccc2)[C@@H]2CNCCO2)c1. The maximum atomic E-state index is 13.9. The molecule has 0 bridgehead atoms. The van der Waals surface area contributed by atoms with Crippen molar-refractivity contribution < 1.29 is 18.3 Å². The summed E-state index contributed by atoms with van der Waals surface area (Å²) in [6.07, 6.45) is -0.774. The van der Waals surface area contributed by atoms with E-state index in [9.17, 15) is 8.78 Å². The largest absolute Gasteiger partial charge is 0.480 e. The van der Waals surface area contributed by atoms with Crippen LogP contribution in [0.25, 0.3) is 0 Å². The zero-order chi connectivity index (χ0) is 15.4. The summed E-state index contributed by atoms with van der Waals surface area (Å²) < 4.78 is 38.7. The molecule has 116 valence electrons. The molecular formula is C17H17F2NO2. The highest BCUT2D eigenvalue weighted by molar-refractivity contribution is 5.27. The Morgan fingerprint density at radius 2 is 1.95 bits per heavy atom. The van der Waals surface area contributed by atoms with Gasteiger partial charge in [0, 0.05) is 19.2 Å². The number of rotatable bonds is 4. The van der Waals surface area contributed by atoms with Crippen molar-refractivity contribution in [3.05, 3.63) is 65.7 Å². The highest BCUT2D eigenvalue weighted by atomic mass is 19.1. The number of ether oxygens (including phenoxy) is 2. The minimum atomic E-state index is -0.592. The number of hydrogen-bond donors (Lipinski definition) is 1. The molecule has 0 amide bonds. The Bertz CT molecular complexity index is 615. The number of morpholine rings is 1. The van der Waals surface area contributed by atoms with E-state index in [0.29, 0.717) is 13.2 Å². The maximum absolute atomic E-state index is 13.9. The summed E-state index contributed by atoms with van der Waals surface area (Å²) >= 11 is 0. The first-order valence-electron chi connectivity index (χ1n) is 7.23. The summed E-state index contributed by atoms with van der Waals surface area (Å²) in [6, 6.07) is 12.6. The second-order valence-corrected chi connectivity index (χ2v) is 5.14. The van der Waals surface area contributed by atoms with Crippen molar-refractivity contribution in [3.63, 3.8) is 0 Å². The van der Waals surface area contributed by atoms with Crippen molar-refractivity contribution in [2.45, 2.75) is 12.2 Å². The monoisotopic (exact) mass is 305 g/mol. The number of hydrogen-bond acceptors (Lipinski definition) is 3. The predicted octanol–water partition coefficient (Wildman–Crippen LogP) is 3.07. The zero-order valence-corrected chi connectivity index (χ0v) is 12.0. The van der Waals surface area contributed by atoms with Crippen LogP contribution in [0.1, 0.15) is 11.7 Å². The lowest BCUT2D eigenvalue weighted by Crippen LogP contribution is -2.43. The highest BCUT2D eigenvalue weighted by Gasteiger charge is 2.28. The van der Waals surface area contributed by atoms with Gasteiger partial charge in [-0.3, -0.25) is 0 Å². The first-order chi connectivity index (χ1) is 10.7. The van der Waals surface area contributed by atoms with Gasteiger partial charge < -0.3 is 14.8 Å². The summed E-state index contributed by atoms with van der Waals surface area (Å²) in [4.78, 5) is 0. The molecule has 0 aromatic heterocycles. The zero-order valence-electron chi connectivity index (χ0n) is 12.0. The van der Waals surface area contributed by atoms with Crippen LogP contribution in [-0.4, -0.2) is 25.8 Å². The second-order valence-electron chi connectivity index (χ2n) is 5.14. The summed E-state index contributed by atoms with van der Waals surface area (Å²) in [5.74, 6) is -1.24. The molecule has 1 aliphatic rings. The van der Waals surface area contributed by atoms with Gasteiger partial charge in [0.1, 0.15) is 11.9 Å². The van der Waals surface area contributed by atoms with Crippen molar-refractivity contribution in [3.8, 4) is 5.75 Å². The van der Waals surface area contributed by atoms with E-state index in [1.807, 2.05) is 30.3 Å². The molecule has 1 aliphatic heterocycles. The number of halogens is 2. The third-order valence-electron chi connectivity index (χ3n) is 3.57. The normalized spacial score (nSPS) is 19.6. The Labute approximate surface area is 127 Å². The van der Waals surface area contributed by atoms with E-state index in [-0.39, 0.29) is 11.9 Å². The molecule has 2 aromatic carbocycles. The fourth-order valence-electron chi connectivity index (χ4n) is 2.49. The molecular weight excluding hydrogens is 288 g/mol. The van der Waals surface area contributed by atoms with Crippen molar-refractivity contribution in [2.24, 2.45) is 0 Å². The molecule has 1 fully saturated rings. The molecule has 3 rings (SSSR count). The Kier molecular flexibility index (Phi) is 4.65. The standard InChI is InChI=1S/C17H17F2NO2/c18-13-6-7-14(19)15(10-13)22-17(12-4-2-1-3-5-12)16-11-20-8-9-21-16/h1-7,10,16-17,20H,8-9,11H2/t16-,17-/m0/s1. The third kappa shape index (κ3) is 3.43. The molecule has 0 radical (unpaired) electrons. The maximum Gasteiger partial charge on any atom is 0.165 e. The van der Waals surface area contributed by atoms with Crippen LogP contribution >= 0.6 is 0 Å². The minimum Gasteiger partial charge on any atom is -0.480 e. The average Bonchev–Trinajstić information content (AvgIpc) is 2.57. The molecule has 0 aliphatic carbocycles. The molecule has 2 aromatic rings. The molecule has 0 spiro atoms. The van der Waals surface area contributed by atoms with Crippen LogP contribution in [0.15, 0.2) is 48.5 Å². The van der Waals surface area contributed by atoms with Crippen LogP contribution in [0.3, 0.4) is 0 Å². The van der Waals surface area contributed by atoms with Crippen molar-refractivity contribution >= 4 is 0 Å². The Hall–Kier alpha value is -1.98. The first kappa shape index (κ1) is 14.9. The van der Waals surface area contributed by atoms with Gasteiger partial charge in [-0.1, -0.05) is 30.3 Å². The Balaban J connectivity index is 1.89. The van der Waals surface area contributed by atoms with Crippen LogP contribution < -0.4 is 10.1 Å². The van der Waals surface area contributed by atoms with E-state index in [2.05, 4.69) is 5.32 Å². The second kappa shape index (κ2) is 6.85. The molecule has 0 saturated carbocycles. The van der Waals surface area contributed by atoms with Gasteiger partial charge in [-0.15, -0.1) is 0 Å². The van der Waals surface area contributed by atoms with Crippen molar-refractivity contribution in [2.75, 3.05) is 19.7 Å².